The SMILES string of the molecule is CCc1ccc(O)c(CF)c1. The maximum atomic E-state index is 12.1. The van der Waals surface area contributed by atoms with Crippen molar-refractivity contribution in [3.63, 3.8) is 0 Å². The fourth-order valence-corrected chi connectivity index (χ4v) is 0.966. The number of alkyl halides is 1. The van der Waals surface area contributed by atoms with Gasteiger partial charge in [0.25, 0.3) is 0 Å². The molecule has 1 aromatic rings. The lowest BCUT2D eigenvalue weighted by molar-refractivity contribution is 0.432. The number of aryl methyl sites for hydroxylation is 1. The van der Waals surface area contributed by atoms with E-state index in [1.165, 1.54) is 6.07 Å². The van der Waals surface area contributed by atoms with E-state index >= 15 is 0 Å². The highest BCUT2D eigenvalue weighted by Crippen LogP contribution is 2.19. The molecule has 60 valence electrons. The van der Waals surface area contributed by atoms with E-state index in [0.29, 0.717) is 5.56 Å². The first-order valence-corrected chi connectivity index (χ1v) is 3.64. The summed E-state index contributed by atoms with van der Waals surface area (Å²) in [6.45, 7) is 1.40. The standard InChI is InChI=1S/C9H11FO/c1-2-7-3-4-9(11)8(5-7)6-10/h3-5,11H,2,6H2,1H3. The van der Waals surface area contributed by atoms with Crippen LogP contribution in [0.2, 0.25) is 0 Å². The van der Waals surface area contributed by atoms with Gasteiger partial charge >= 0.3 is 0 Å². The number of aromatic hydroxyl groups is 1. The third-order valence-corrected chi connectivity index (χ3v) is 1.70. The average Bonchev–Trinajstić information content (AvgIpc) is 2.05. The number of hydrogen-bond acceptors (Lipinski definition) is 1. The Morgan fingerprint density at radius 3 is 2.73 bits per heavy atom. The molecule has 0 saturated heterocycles. The van der Waals surface area contributed by atoms with Gasteiger partial charge in [-0.2, -0.15) is 0 Å². The van der Waals surface area contributed by atoms with Crippen molar-refractivity contribution in [2.45, 2.75) is 20.0 Å². The maximum absolute atomic E-state index is 12.1. The molecule has 0 radical (unpaired) electrons. The molecule has 0 atom stereocenters. The summed E-state index contributed by atoms with van der Waals surface area (Å²) in [5, 5.41) is 9.09. The zero-order chi connectivity index (χ0) is 8.27. The summed E-state index contributed by atoms with van der Waals surface area (Å²) in [4.78, 5) is 0. The largest absolute Gasteiger partial charge is 0.508 e. The normalized spacial score (nSPS) is 10.0. The van der Waals surface area contributed by atoms with Gasteiger partial charge in [0, 0.05) is 5.56 Å². The summed E-state index contributed by atoms with van der Waals surface area (Å²) in [5.74, 6) is 0.0460. The second-order valence-electron chi connectivity index (χ2n) is 2.45. The minimum Gasteiger partial charge on any atom is -0.508 e. The van der Waals surface area contributed by atoms with Crippen LogP contribution in [0.15, 0.2) is 18.2 Å². The quantitative estimate of drug-likeness (QED) is 0.693. The van der Waals surface area contributed by atoms with Crippen LogP contribution in [-0.2, 0) is 13.1 Å². The van der Waals surface area contributed by atoms with Crippen molar-refractivity contribution in [2.24, 2.45) is 0 Å². The van der Waals surface area contributed by atoms with Gasteiger partial charge in [0.05, 0.1) is 0 Å². The van der Waals surface area contributed by atoms with Crippen LogP contribution in [0.1, 0.15) is 18.1 Å². The Hall–Kier alpha value is -1.05. The lowest BCUT2D eigenvalue weighted by atomic mass is 10.1. The average molecular weight is 154 g/mol. The Bertz CT molecular complexity index is 245. The second-order valence-corrected chi connectivity index (χ2v) is 2.45. The zero-order valence-corrected chi connectivity index (χ0v) is 6.47. The highest BCUT2D eigenvalue weighted by molar-refractivity contribution is 5.35. The van der Waals surface area contributed by atoms with Gasteiger partial charge in [-0.05, 0) is 24.1 Å². The van der Waals surface area contributed by atoms with Gasteiger partial charge in [-0.25, -0.2) is 4.39 Å². The van der Waals surface area contributed by atoms with Gasteiger partial charge in [0.2, 0.25) is 0 Å². The molecule has 0 heterocycles. The maximum Gasteiger partial charge on any atom is 0.121 e. The molecule has 0 amide bonds. The molecule has 0 spiro atoms. The summed E-state index contributed by atoms with van der Waals surface area (Å²) in [6, 6.07) is 5.03. The van der Waals surface area contributed by atoms with Gasteiger partial charge in [-0.3, -0.25) is 0 Å². The lowest BCUT2D eigenvalue weighted by Gasteiger charge is -2.01. The molecule has 1 N–H and O–H groups in total. The summed E-state index contributed by atoms with van der Waals surface area (Å²) >= 11 is 0. The predicted octanol–water partition coefficient (Wildman–Crippen LogP) is 2.42. The summed E-state index contributed by atoms with van der Waals surface area (Å²) in [5.41, 5.74) is 1.43. The third-order valence-electron chi connectivity index (χ3n) is 1.70. The van der Waals surface area contributed by atoms with E-state index < -0.39 is 6.67 Å². The van der Waals surface area contributed by atoms with Gasteiger partial charge in [0.1, 0.15) is 12.4 Å². The van der Waals surface area contributed by atoms with Crippen molar-refractivity contribution in [1.29, 1.82) is 0 Å². The number of rotatable bonds is 2. The number of hydrogen-bond donors (Lipinski definition) is 1. The molecule has 0 aliphatic heterocycles. The van der Waals surface area contributed by atoms with Gasteiger partial charge in [-0.15, -0.1) is 0 Å². The minimum atomic E-state index is -0.598. The van der Waals surface area contributed by atoms with Crippen molar-refractivity contribution in [1.82, 2.24) is 0 Å². The molecule has 0 aliphatic carbocycles. The van der Waals surface area contributed by atoms with Crippen LogP contribution in [0, 0.1) is 0 Å². The Morgan fingerprint density at radius 2 is 2.18 bits per heavy atom. The van der Waals surface area contributed by atoms with Crippen LogP contribution >= 0.6 is 0 Å². The molecule has 0 unspecified atom stereocenters. The fraction of sp³-hybridized carbons (Fsp3) is 0.333. The highest BCUT2D eigenvalue weighted by Gasteiger charge is 2.00. The van der Waals surface area contributed by atoms with Crippen molar-refractivity contribution in [3.8, 4) is 5.75 Å². The molecule has 1 rings (SSSR count). The first kappa shape index (κ1) is 8.05. The van der Waals surface area contributed by atoms with Crippen LogP contribution in [0.5, 0.6) is 5.75 Å². The molecular weight excluding hydrogens is 143 g/mol. The Labute approximate surface area is 65.5 Å². The van der Waals surface area contributed by atoms with Gasteiger partial charge in [0.15, 0.2) is 0 Å². The van der Waals surface area contributed by atoms with Crippen molar-refractivity contribution in [3.05, 3.63) is 29.3 Å². The predicted molar refractivity (Wildman–Crippen MR) is 42.3 cm³/mol. The fourth-order valence-electron chi connectivity index (χ4n) is 0.966. The molecule has 1 aromatic carbocycles. The molecule has 0 aliphatic rings. The van der Waals surface area contributed by atoms with E-state index in [0.717, 1.165) is 12.0 Å². The smallest absolute Gasteiger partial charge is 0.121 e. The summed E-state index contributed by atoms with van der Waals surface area (Å²) < 4.78 is 12.1. The Kier molecular flexibility index (Phi) is 2.47. The molecule has 2 heteroatoms. The van der Waals surface area contributed by atoms with E-state index in [1.54, 1.807) is 12.1 Å². The first-order chi connectivity index (χ1) is 5.27. The van der Waals surface area contributed by atoms with Gasteiger partial charge < -0.3 is 5.11 Å². The summed E-state index contributed by atoms with van der Waals surface area (Å²) in [6.07, 6.45) is 0.868. The van der Waals surface area contributed by atoms with Crippen LogP contribution in [0.3, 0.4) is 0 Å². The number of phenols is 1. The third kappa shape index (κ3) is 1.70. The highest BCUT2D eigenvalue weighted by atomic mass is 19.1. The molecule has 11 heavy (non-hydrogen) atoms. The van der Waals surface area contributed by atoms with E-state index in [4.69, 9.17) is 5.11 Å². The molecule has 0 saturated carbocycles. The molecular formula is C9H11FO. The van der Waals surface area contributed by atoms with E-state index in [-0.39, 0.29) is 5.75 Å². The zero-order valence-electron chi connectivity index (χ0n) is 6.47. The second kappa shape index (κ2) is 3.37. The van der Waals surface area contributed by atoms with Crippen LogP contribution in [-0.4, -0.2) is 5.11 Å². The van der Waals surface area contributed by atoms with E-state index in [2.05, 4.69) is 0 Å². The van der Waals surface area contributed by atoms with Crippen molar-refractivity contribution >= 4 is 0 Å². The minimum absolute atomic E-state index is 0.0460. The topological polar surface area (TPSA) is 20.2 Å². The monoisotopic (exact) mass is 154 g/mol. The molecule has 0 fully saturated rings. The van der Waals surface area contributed by atoms with Gasteiger partial charge in [-0.1, -0.05) is 13.0 Å². The van der Waals surface area contributed by atoms with E-state index in [9.17, 15) is 4.39 Å². The first-order valence-electron chi connectivity index (χ1n) is 3.64. The van der Waals surface area contributed by atoms with E-state index in [1.807, 2.05) is 6.92 Å². The van der Waals surface area contributed by atoms with Crippen LogP contribution in [0.4, 0.5) is 4.39 Å². The Balaban J connectivity index is 3.02. The van der Waals surface area contributed by atoms with Crippen molar-refractivity contribution < 1.29 is 9.50 Å². The number of phenolic OH excluding ortho intramolecular Hbond substituents is 1. The number of benzene rings is 1. The molecule has 1 nitrogen and oxygen atoms in total. The number of halogens is 1. The van der Waals surface area contributed by atoms with Crippen molar-refractivity contribution in [2.75, 3.05) is 0 Å². The Morgan fingerprint density at radius 1 is 1.45 bits per heavy atom. The summed E-state index contributed by atoms with van der Waals surface area (Å²) in [7, 11) is 0. The molecule has 0 bridgehead atoms. The van der Waals surface area contributed by atoms with Crippen LogP contribution < -0.4 is 0 Å². The van der Waals surface area contributed by atoms with Crippen LogP contribution in [0.25, 0.3) is 0 Å². The lowest BCUT2D eigenvalue weighted by Crippen LogP contribution is -1.84. The molecule has 0 aromatic heterocycles.